The van der Waals surface area contributed by atoms with Crippen LogP contribution in [0.2, 0.25) is 0 Å². The highest BCUT2D eigenvalue weighted by Gasteiger charge is 2.20. The Morgan fingerprint density at radius 2 is 2.14 bits per heavy atom. The number of aromatic nitrogens is 3. The Morgan fingerprint density at radius 1 is 1.33 bits per heavy atom. The molecule has 0 aliphatic carbocycles. The molecule has 2 aromatic heterocycles. The van der Waals surface area contributed by atoms with E-state index in [0.29, 0.717) is 19.5 Å². The van der Waals surface area contributed by atoms with Crippen LogP contribution in [0.4, 0.5) is 0 Å². The largest absolute Gasteiger partial charge is 0.232 e. The molecule has 1 aliphatic heterocycles. The third-order valence-electron chi connectivity index (χ3n) is 3.70. The zero-order chi connectivity index (χ0) is 15.0. The molecule has 0 aromatic carbocycles. The first-order valence-corrected chi connectivity index (χ1v) is 8.82. The van der Waals surface area contributed by atoms with Crippen LogP contribution >= 0.6 is 0 Å². The maximum Gasteiger partial charge on any atom is 0.211 e. The molecule has 0 atom stereocenters. The third-order valence-corrected chi connectivity index (χ3v) is 4.97. The van der Waals surface area contributed by atoms with E-state index in [-0.39, 0.29) is 0 Å². The average Bonchev–Trinajstić information content (AvgIpc) is 2.88. The Bertz CT molecular complexity index is 807. The molecule has 7 heteroatoms. The summed E-state index contributed by atoms with van der Waals surface area (Å²) in [5.74, 6) is 0. The summed E-state index contributed by atoms with van der Waals surface area (Å²) in [5.41, 5.74) is 3.82. The highest BCUT2D eigenvalue weighted by molar-refractivity contribution is 7.88. The monoisotopic (exact) mass is 306 g/mol. The van der Waals surface area contributed by atoms with E-state index >= 15 is 0 Å². The van der Waals surface area contributed by atoms with E-state index in [4.69, 9.17) is 0 Å². The van der Waals surface area contributed by atoms with Crippen LogP contribution in [0.15, 0.2) is 24.4 Å². The number of hydrogen-bond acceptors (Lipinski definition) is 4. The molecule has 0 fully saturated rings. The minimum Gasteiger partial charge on any atom is -0.232 e. The Balaban J connectivity index is 1.89. The van der Waals surface area contributed by atoms with E-state index in [1.54, 1.807) is 4.52 Å². The summed E-state index contributed by atoms with van der Waals surface area (Å²) >= 11 is 0. The Labute approximate surface area is 124 Å². The zero-order valence-electron chi connectivity index (χ0n) is 12.2. The van der Waals surface area contributed by atoms with Crippen molar-refractivity contribution in [2.75, 3.05) is 19.3 Å². The second kappa shape index (κ2) is 5.23. The lowest BCUT2D eigenvalue weighted by Gasteiger charge is -2.23. The van der Waals surface area contributed by atoms with E-state index in [1.807, 2.05) is 24.4 Å². The van der Waals surface area contributed by atoms with Gasteiger partial charge in [-0.05, 0) is 30.5 Å². The van der Waals surface area contributed by atoms with Crippen molar-refractivity contribution in [1.29, 1.82) is 0 Å². The predicted molar refractivity (Wildman–Crippen MR) is 81.4 cm³/mol. The van der Waals surface area contributed by atoms with Crippen LogP contribution in [0.1, 0.15) is 24.7 Å². The highest BCUT2D eigenvalue weighted by Crippen LogP contribution is 2.22. The van der Waals surface area contributed by atoms with Gasteiger partial charge in [0.1, 0.15) is 0 Å². The van der Waals surface area contributed by atoms with Gasteiger partial charge in [-0.1, -0.05) is 13.0 Å². The number of imidazole rings is 1. The number of sulfonamides is 1. The average molecular weight is 306 g/mol. The van der Waals surface area contributed by atoms with Crippen molar-refractivity contribution in [3.63, 3.8) is 0 Å². The number of rotatable bonds is 3. The van der Waals surface area contributed by atoms with E-state index < -0.39 is 10.0 Å². The second-order valence-electron chi connectivity index (χ2n) is 5.21. The molecule has 2 aromatic rings. The van der Waals surface area contributed by atoms with Crippen LogP contribution in [-0.2, 0) is 16.4 Å². The number of aryl methyl sites for hydroxylation is 1. The van der Waals surface area contributed by atoms with E-state index in [1.165, 1.54) is 10.6 Å². The van der Waals surface area contributed by atoms with Gasteiger partial charge in [-0.3, -0.25) is 0 Å². The lowest BCUT2D eigenvalue weighted by molar-refractivity contribution is 0.445. The van der Waals surface area contributed by atoms with Crippen LogP contribution in [0, 0.1) is 0 Å². The molecular weight excluding hydrogens is 288 g/mol. The summed E-state index contributed by atoms with van der Waals surface area (Å²) in [7, 11) is -3.11. The molecule has 0 unspecified atom stereocenters. The maximum absolute atomic E-state index is 11.5. The van der Waals surface area contributed by atoms with Gasteiger partial charge in [0.25, 0.3) is 0 Å². The van der Waals surface area contributed by atoms with Gasteiger partial charge in [-0.2, -0.15) is 9.40 Å². The zero-order valence-corrected chi connectivity index (χ0v) is 13.0. The molecule has 6 nitrogen and oxygen atoms in total. The van der Waals surface area contributed by atoms with Crippen molar-refractivity contribution in [2.24, 2.45) is 0 Å². The summed E-state index contributed by atoms with van der Waals surface area (Å²) in [5, 5.41) is 4.57. The van der Waals surface area contributed by atoms with Crippen molar-refractivity contribution in [2.45, 2.75) is 19.8 Å². The fourth-order valence-corrected chi connectivity index (χ4v) is 3.23. The van der Waals surface area contributed by atoms with Crippen LogP contribution in [0.25, 0.3) is 11.2 Å². The summed E-state index contributed by atoms with van der Waals surface area (Å²) < 4.78 is 26.3. The van der Waals surface area contributed by atoms with Crippen molar-refractivity contribution in [3.05, 3.63) is 35.8 Å². The lowest BCUT2D eigenvalue weighted by atomic mass is 10.1. The first-order valence-electron chi connectivity index (χ1n) is 6.97. The van der Waals surface area contributed by atoms with E-state index in [2.05, 4.69) is 17.0 Å². The molecule has 1 aliphatic rings. The topological polar surface area (TPSA) is 67.6 Å². The van der Waals surface area contributed by atoms with Crippen LogP contribution in [-0.4, -0.2) is 46.7 Å². The van der Waals surface area contributed by atoms with Crippen LogP contribution in [0.5, 0.6) is 0 Å². The van der Waals surface area contributed by atoms with Gasteiger partial charge in [-0.15, -0.1) is 0 Å². The molecule has 3 heterocycles. The van der Waals surface area contributed by atoms with E-state index in [0.717, 1.165) is 29.0 Å². The molecule has 0 amide bonds. The molecule has 21 heavy (non-hydrogen) atoms. The van der Waals surface area contributed by atoms with Crippen LogP contribution < -0.4 is 0 Å². The van der Waals surface area contributed by atoms with Gasteiger partial charge >= 0.3 is 0 Å². The Morgan fingerprint density at radius 3 is 2.76 bits per heavy atom. The fraction of sp³-hybridized carbons (Fsp3) is 0.429. The molecule has 112 valence electrons. The highest BCUT2D eigenvalue weighted by atomic mass is 32.2. The normalized spacial score (nSPS) is 17.1. The van der Waals surface area contributed by atoms with Crippen molar-refractivity contribution in [3.8, 4) is 0 Å². The summed E-state index contributed by atoms with van der Waals surface area (Å²) in [6, 6.07) is 3.90. The van der Waals surface area contributed by atoms with Gasteiger partial charge in [0.2, 0.25) is 10.0 Å². The number of nitrogens with zero attached hydrogens (tertiary/aromatic N) is 4. The summed E-state index contributed by atoms with van der Waals surface area (Å²) in [6.07, 6.45) is 6.68. The molecule has 0 spiro atoms. The minimum absolute atomic E-state index is 0.415. The molecule has 0 saturated carbocycles. The second-order valence-corrected chi connectivity index (χ2v) is 7.19. The minimum atomic E-state index is -3.11. The van der Waals surface area contributed by atoms with Crippen molar-refractivity contribution >= 4 is 21.2 Å². The molecule has 3 rings (SSSR count). The van der Waals surface area contributed by atoms with Crippen molar-refractivity contribution < 1.29 is 8.42 Å². The molecular formula is C14H18N4O2S. The first-order chi connectivity index (χ1) is 9.97. The van der Waals surface area contributed by atoms with Crippen molar-refractivity contribution in [1.82, 2.24) is 18.9 Å². The Kier molecular flexibility index (Phi) is 3.54. The number of hydrogen-bond donors (Lipinski definition) is 0. The van der Waals surface area contributed by atoms with Crippen LogP contribution in [0.3, 0.4) is 0 Å². The smallest absolute Gasteiger partial charge is 0.211 e. The maximum atomic E-state index is 11.5. The summed E-state index contributed by atoms with van der Waals surface area (Å²) in [4.78, 5) is 4.46. The molecule has 0 radical (unpaired) electrons. The quantitative estimate of drug-likeness (QED) is 0.858. The SMILES string of the molecule is CCc1cn2nc(C3=CCN(S(C)(=O)=O)CC3)ccc2n1. The molecule has 0 bridgehead atoms. The fourth-order valence-electron chi connectivity index (χ4n) is 2.46. The van der Waals surface area contributed by atoms with E-state index in [9.17, 15) is 8.42 Å². The van der Waals surface area contributed by atoms with Gasteiger partial charge in [0.15, 0.2) is 5.65 Å². The number of fused-ring (bicyclic) bond motifs is 1. The van der Waals surface area contributed by atoms with Gasteiger partial charge < -0.3 is 0 Å². The lowest BCUT2D eigenvalue weighted by Crippen LogP contribution is -2.33. The first kappa shape index (κ1) is 14.2. The third kappa shape index (κ3) is 2.84. The van der Waals surface area contributed by atoms with Gasteiger partial charge in [0.05, 0.1) is 23.8 Å². The molecule has 0 saturated heterocycles. The summed E-state index contributed by atoms with van der Waals surface area (Å²) in [6.45, 7) is 2.98. The Hall–Kier alpha value is -1.73. The van der Waals surface area contributed by atoms with Gasteiger partial charge in [0, 0.05) is 13.1 Å². The predicted octanol–water partition coefficient (Wildman–Crippen LogP) is 1.34. The molecule has 0 N–H and O–H groups in total. The van der Waals surface area contributed by atoms with Gasteiger partial charge in [-0.25, -0.2) is 17.9 Å². The standard InChI is InChI=1S/C14H18N4O2S/c1-3-12-10-18-14(15-12)5-4-13(16-18)11-6-8-17(9-7-11)21(2,19)20/h4-6,10H,3,7-9H2,1-2H3.